The molecule has 2 aromatic heterocycles. The van der Waals surface area contributed by atoms with Gasteiger partial charge in [-0.2, -0.15) is 0 Å². The number of fused-ring (bicyclic) bond motifs is 1. The van der Waals surface area contributed by atoms with Crippen LogP contribution in [0.25, 0.3) is 11.0 Å². The van der Waals surface area contributed by atoms with E-state index in [2.05, 4.69) is 14.9 Å². The molecule has 3 heterocycles. The van der Waals surface area contributed by atoms with Gasteiger partial charge in [-0.25, -0.2) is 13.8 Å². The predicted molar refractivity (Wildman–Crippen MR) is 103 cm³/mol. The van der Waals surface area contributed by atoms with E-state index >= 15 is 0 Å². The lowest BCUT2D eigenvalue weighted by atomic mass is 10.0. The highest BCUT2D eigenvalue weighted by atomic mass is 19.1. The number of halogens is 2. The molecule has 146 valence electrons. The van der Waals surface area contributed by atoms with Crippen LogP contribution in [0.3, 0.4) is 0 Å². The molecule has 1 saturated heterocycles. The summed E-state index contributed by atoms with van der Waals surface area (Å²) in [7, 11) is 0. The Bertz CT molecular complexity index is 995. The number of pyridine rings is 1. The molecule has 0 aliphatic carbocycles. The molecule has 3 aromatic rings. The molecule has 1 unspecified atom stereocenters. The van der Waals surface area contributed by atoms with Crippen molar-refractivity contribution in [1.29, 1.82) is 0 Å². The van der Waals surface area contributed by atoms with E-state index in [0.717, 1.165) is 22.7 Å². The molecular formula is C21H22F2N4O. The summed E-state index contributed by atoms with van der Waals surface area (Å²) in [6.07, 6.45) is 3.88. The van der Waals surface area contributed by atoms with Gasteiger partial charge in [-0.05, 0) is 30.7 Å². The first-order valence-electron chi connectivity index (χ1n) is 9.40. The summed E-state index contributed by atoms with van der Waals surface area (Å²) in [5.74, 6) is -1.03. The second kappa shape index (κ2) is 7.67. The smallest absolute Gasteiger partial charge is 0.227 e. The minimum Gasteiger partial charge on any atom is -0.346 e. The molecule has 0 radical (unpaired) electrons. The zero-order chi connectivity index (χ0) is 19.7. The zero-order valence-electron chi connectivity index (χ0n) is 15.7. The monoisotopic (exact) mass is 384 g/mol. The standard InChI is InChI=1S/C21H22F2N4O/c1-14(17-5-4-16(22)12-19(17)23)26-7-9-27(10-8-26)20(28)11-15-13-25-21-18(15)3-2-6-24-21/h2-6,12-14H,7-11H2,1H3,(H,24,25). The fraction of sp³-hybridized carbons (Fsp3) is 0.333. The number of nitrogens with one attached hydrogen (secondary N) is 1. The number of rotatable bonds is 4. The first-order chi connectivity index (χ1) is 13.5. The Morgan fingerprint density at radius 3 is 2.75 bits per heavy atom. The van der Waals surface area contributed by atoms with E-state index in [1.807, 2.05) is 30.2 Å². The van der Waals surface area contributed by atoms with Crippen LogP contribution in [0.15, 0.2) is 42.7 Å². The number of aromatic amines is 1. The SMILES string of the molecule is CC(c1ccc(F)cc1F)N1CCN(C(=O)Cc2c[nH]c3ncccc23)CC1. The fourth-order valence-electron chi connectivity index (χ4n) is 3.83. The lowest BCUT2D eigenvalue weighted by Crippen LogP contribution is -2.49. The van der Waals surface area contributed by atoms with Gasteiger partial charge in [0, 0.05) is 61.6 Å². The van der Waals surface area contributed by atoms with Crippen LogP contribution in [-0.4, -0.2) is 51.9 Å². The molecule has 0 bridgehead atoms. The highest BCUT2D eigenvalue weighted by Crippen LogP contribution is 2.25. The first-order valence-corrected chi connectivity index (χ1v) is 9.40. The number of aromatic nitrogens is 2. The third kappa shape index (κ3) is 3.62. The summed E-state index contributed by atoms with van der Waals surface area (Å²) in [5, 5.41) is 0.967. The van der Waals surface area contributed by atoms with Gasteiger partial charge in [0.1, 0.15) is 17.3 Å². The van der Waals surface area contributed by atoms with Gasteiger partial charge in [0.25, 0.3) is 0 Å². The predicted octanol–water partition coefficient (Wildman–Crippen LogP) is 3.29. The summed E-state index contributed by atoms with van der Waals surface area (Å²) in [5.41, 5.74) is 2.20. The average Bonchev–Trinajstić information content (AvgIpc) is 3.10. The number of carbonyl (C=O) groups is 1. The van der Waals surface area contributed by atoms with Crippen molar-refractivity contribution in [2.24, 2.45) is 0 Å². The number of nitrogens with zero attached hydrogens (tertiary/aromatic N) is 3. The lowest BCUT2D eigenvalue weighted by molar-refractivity contribution is -0.132. The minimum atomic E-state index is -0.573. The van der Waals surface area contributed by atoms with Crippen LogP contribution in [0.2, 0.25) is 0 Å². The molecule has 1 atom stereocenters. The van der Waals surface area contributed by atoms with Gasteiger partial charge >= 0.3 is 0 Å². The molecule has 5 nitrogen and oxygen atoms in total. The van der Waals surface area contributed by atoms with Crippen molar-refractivity contribution in [3.05, 3.63) is 65.5 Å². The Labute approximate surface area is 162 Å². The topological polar surface area (TPSA) is 52.2 Å². The summed E-state index contributed by atoms with van der Waals surface area (Å²) in [4.78, 5) is 24.0. The fourth-order valence-corrected chi connectivity index (χ4v) is 3.83. The van der Waals surface area contributed by atoms with E-state index in [1.54, 1.807) is 6.20 Å². The van der Waals surface area contributed by atoms with Gasteiger partial charge in [0.15, 0.2) is 0 Å². The molecule has 4 rings (SSSR count). The maximum atomic E-state index is 14.1. The quantitative estimate of drug-likeness (QED) is 0.751. The van der Waals surface area contributed by atoms with Gasteiger partial charge in [0.05, 0.1) is 6.42 Å². The average molecular weight is 384 g/mol. The number of H-pyrrole nitrogens is 1. The van der Waals surface area contributed by atoms with Crippen molar-refractivity contribution in [1.82, 2.24) is 19.8 Å². The second-order valence-electron chi connectivity index (χ2n) is 7.15. The number of benzene rings is 1. The largest absolute Gasteiger partial charge is 0.346 e. The van der Waals surface area contributed by atoms with E-state index in [0.29, 0.717) is 38.2 Å². The maximum absolute atomic E-state index is 14.1. The number of hydrogen-bond acceptors (Lipinski definition) is 3. The molecule has 1 amide bonds. The maximum Gasteiger partial charge on any atom is 0.227 e. The molecule has 28 heavy (non-hydrogen) atoms. The van der Waals surface area contributed by atoms with Gasteiger partial charge in [-0.15, -0.1) is 0 Å². The molecule has 0 spiro atoms. The molecule has 7 heteroatoms. The number of carbonyl (C=O) groups excluding carboxylic acids is 1. The Morgan fingerprint density at radius 1 is 1.21 bits per heavy atom. The molecule has 0 saturated carbocycles. The van der Waals surface area contributed by atoms with Crippen molar-refractivity contribution in [3.8, 4) is 0 Å². The van der Waals surface area contributed by atoms with Crippen LogP contribution in [-0.2, 0) is 11.2 Å². The van der Waals surface area contributed by atoms with Crippen LogP contribution in [0.5, 0.6) is 0 Å². The highest BCUT2D eigenvalue weighted by molar-refractivity contribution is 5.87. The van der Waals surface area contributed by atoms with E-state index < -0.39 is 11.6 Å². The van der Waals surface area contributed by atoms with Crippen molar-refractivity contribution in [2.45, 2.75) is 19.4 Å². The normalized spacial score (nSPS) is 16.5. The summed E-state index contributed by atoms with van der Waals surface area (Å²) in [6, 6.07) is 7.35. The van der Waals surface area contributed by atoms with Gasteiger partial charge in [-0.1, -0.05) is 6.07 Å². The van der Waals surface area contributed by atoms with Gasteiger partial charge in [0.2, 0.25) is 5.91 Å². The minimum absolute atomic E-state index is 0.0741. The summed E-state index contributed by atoms with van der Waals surface area (Å²) in [6.45, 7) is 4.39. The zero-order valence-corrected chi connectivity index (χ0v) is 15.7. The highest BCUT2D eigenvalue weighted by Gasteiger charge is 2.26. The summed E-state index contributed by atoms with van der Waals surface area (Å²) >= 11 is 0. The summed E-state index contributed by atoms with van der Waals surface area (Å²) < 4.78 is 27.2. The second-order valence-corrected chi connectivity index (χ2v) is 7.15. The molecule has 1 aromatic carbocycles. The third-order valence-electron chi connectivity index (χ3n) is 5.51. The van der Waals surface area contributed by atoms with Crippen LogP contribution >= 0.6 is 0 Å². The molecule has 1 N–H and O–H groups in total. The van der Waals surface area contributed by atoms with Crippen molar-refractivity contribution in [2.75, 3.05) is 26.2 Å². The molecule has 1 aliphatic heterocycles. The van der Waals surface area contributed by atoms with E-state index in [1.165, 1.54) is 12.1 Å². The van der Waals surface area contributed by atoms with E-state index in [-0.39, 0.29) is 11.9 Å². The third-order valence-corrected chi connectivity index (χ3v) is 5.51. The van der Waals surface area contributed by atoms with Crippen LogP contribution in [0, 0.1) is 11.6 Å². The molecular weight excluding hydrogens is 362 g/mol. The number of hydrogen-bond donors (Lipinski definition) is 1. The van der Waals surface area contributed by atoms with Crippen molar-refractivity contribution >= 4 is 16.9 Å². The van der Waals surface area contributed by atoms with Crippen molar-refractivity contribution < 1.29 is 13.6 Å². The number of amides is 1. The Kier molecular flexibility index (Phi) is 5.09. The Balaban J connectivity index is 1.37. The van der Waals surface area contributed by atoms with Gasteiger partial charge in [-0.3, -0.25) is 9.69 Å². The first kappa shape index (κ1) is 18.6. The number of piperazine rings is 1. The van der Waals surface area contributed by atoms with Crippen LogP contribution < -0.4 is 0 Å². The molecule has 1 fully saturated rings. The van der Waals surface area contributed by atoms with Crippen molar-refractivity contribution in [3.63, 3.8) is 0 Å². The van der Waals surface area contributed by atoms with E-state index in [4.69, 9.17) is 0 Å². The molecule has 1 aliphatic rings. The lowest BCUT2D eigenvalue weighted by Gasteiger charge is -2.38. The van der Waals surface area contributed by atoms with Crippen LogP contribution in [0.1, 0.15) is 24.1 Å². The van der Waals surface area contributed by atoms with Crippen LogP contribution in [0.4, 0.5) is 8.78 Å². The Morgan fingerprint density at radius 2 is 2.00 bits per heavy atom. The Hall–Kier alpha value is -2.80. The van der Waals surface area contributed by atoms with Gasteiger partial charge < -0.3 is 9.88 Å². The van der Waals surface area contributed by atoms with E-state index in [9.17, 15) is 13.6 Å².